The van der Waals surface area contributed by atoms with Gasteiger partial charge in [-0.05, 0) is 49.3 Å². The number of amides is 2. The Morgan fingerprint density at radius 3 is 2.59 bits per heavy atom. The lowest BCUT2D eigenvalue weighted by molar-refractivity contribution is -0.133. The van der Waals surface area contributed by atoms with Gasteiger partial charge in [0.05, 0.1) is 26.8 Å². The molecule has 2 amide bonds. The second-order valence-corrected chi connectivity index (χ2v) is 9.17. The predicted octanol–water partition coefficient (Wildman–Crippen LogP) is 3.32. The van der Waals surface area contributed by atoms with Crippen LogP contribution in [-0.2, 0) is 4.79 Å². The zero-order valence-electron chi connectivity index (χ0n) is 18.7. The topological polar surface area (TPSA) is 71.1 Å². The first-order valence-corrected chi connectivity index (χ1v) is 12.1. The minimum atomic E-state index is -0.00544. The smallest absolute Gasteiger partial charge is 0.252 e. The van der Waals surface area contributed by atoms with Gasteiger partial charge in [-0.25, -0.2) is 0 Å². The van der Waals surface area contributed by atoms with Gasteiger partial charge < -0.3 is 19.7 Å². The molecule has 1 aromatic carbocycles. The van der Waals surface area contributed by atoms with Gasteiger partial charge in [-0.2, -0.15) is 11.3 Å². The molecule has 4 rings (SSSR count). The molecule has 0 aliphatic carbocycles. The maximum Gasteiger partial charge on any atom is 0.252 e. The zero-order chi connectivity index (χ0) is 22.5. The average Bonchev–Trinajstić information content (AvgIpc) is 3.52. The van der Waals surface area contributed by atoms with Crippen molar-refractivity contribution in [1.29, 1.82) is 0 Å². The fourth-order valence-corrected chi connectivity index (χ4v) is 5.30. The van der Waals surface area contributed by atoms with E-state index in [1.807, 2.05) is 39.9 Å². The molecule has 0 radical (unpaired) electrons. The third-order valence-corrected chi connectivity index (χ3v) is 7.12. The third kappa shape index (κ3) is 5.07. The van der Waals surface area contributed by atoms with Crippen molar-refractivity contribution in [1.82, 2.24) is 15.1 Å². The van der Waals surface area contributed by atoms with E-state index in [9.17, 15) is 9.59 Å². The Hall–Kier alpha value is -2.58. The molecule has 172 valence electrons. The summed E-state index contributed by atoms with van der Waals surface area (Å²) >= 11 is 1.53. The summed E-state index contributed by atoms with van der Waals surface area (Å²) in [5.74, 6) is 1.66. The summed E-state index contributed by atoms with van der Waals surface area (Å²) in [5.41, 5.74) is 1.76. The number of likely N-dealkylation sites (tertiary alicyclic amines) is 2. The zero-order valence-corrected chi connectivity index (χ0v) is 19.5. The van der Waals surface area contributed by atoms with Crippen LogP contribution in [0.1, 0.15) is 47.6 Å². The maximum absolute atomic E-state index is 13.2. The lowest BCUT2D eigenvalue weighted by Crippen LogP contribution is -2.48. The number of carbonyl (C=O) groups excluding carboxylic acids is 2. The number of nitrogens with zero attached hydrogens (tertiary/aromatic N) is 2. The van der Waals surface area contributed by atoms with Gasteiger partial charge in [-0.15, -0.1) is 0 Å². The maximum atomic E-state index is 13.2. The van der Waals surface area contributed by atoms with Crippen molar-refractivity contribution >= 4 is 23.2 Å². The van der Waals surface area contributed by atoms with Crippen molar-refractivity contribution in [2.75, 3.05) is 40.4 Å². The number of carbonyl (C=O) groups is 2. The minimum Gasteiger partial charge on any atom is -0.497 e. The highest BCUT2D eigenvalue weighted by molar-refractivity contribution is 7.08. The van der Waals surface area contributed by atoms with Crippen LogP contribution >= 0.6 is 11.3 Å². The van der Waals surface area contributed by atoms with Crippen LogP contribution in [-0.4, -0.2) is 68.1 Å². The van der Waals surface area contributed by atoms with Crippen LogP contribution in [0.15, 0.2) is 35.0 Å². The first-order chi connectivity index (χ1) is 15.6. The molecule has 2 aliphatic heterocycles. The van der Waals surface area contributed by atoms with E-state index in [1.165, 1.54) is 11.3 Å². The highest BCUT2D eigenvalue weighted by Gasteiger charge is 2.33. The Morgan fingerprint density at radius 2 is 1.91 bits per heavy atom. The molecule has 3 heterocycles. The van der Waals surface area contributed by atoms with Crippen molar-refractivity contribution < 1.29 is 19.1 Å². The number of hydrogen-bond acceptors (Lipinski definition) is 6. The molecular formula is C24H31N3O4S. The summed E-state index contributed by atoms with van der Waals surface area (Å²) in [6, 6.07) is 7.86. The molecule has 2 aliphatic rings. The van der Waals surface area contributed by atoms with Crippen molar-refractivity contribution in [2.45, 2.75) is 37.8 Å². The fraction of sp³-hybridized carbons (Fsp3) is 0.500. The van der Waals surface area contributed by atoms with Crippen molar-refractivity contribution in [3.8, 4) is 11.5 Å². The highest BCUT2D eigenvalue weighted by atomic mass is 32.1. The van der Waals surface area contributed by atoms with E-state index in [0.717, 1.165) is 67.9 Å². The Kier molecular flexibility index (Phi) is 7.32. The number of hydrogen-bond donors (Lipinski definition) is 1. The SMILES string of the molecule is COc1ccc(C2CCCN2C(=O)CN2CCC(NC(=O)c3ccsc3)CC2)c(OC)c1. The van der Waals surface area contributed by atoms with Gasteiger partial charge in [0.25, 0.3) is 5.91 Å². The normalized spacial score (nSPS) is 19.7. The molecule has 1 atom stereocenters. The fourth-order valence-electron chi connectivity index (χ4n) is 4.66. The lowest BCUT2D eigenvalue weighted by atomic mass is 10.0. The number of ether oxygens (including phenoxy) is 2. The summed E-state index contributed by atoms with van der Waals surface area (Å²) in [5, 5.41) is 6.90. The summed E-state index contributed by atoms with van der Waals surface area (Å²) in [6.45, 7) is 2.81. The molecule has 1 unspecified atom stereocenters. The molecule has 2 saturated heterocycles. The Bertz CT molecular complexity index is 925. The van der Waals surface area contributed by atoms with E-state index in [1.54, 1.807) is 14.2 Å². The standard InChI is InChI=1S/C24H31N3O4S/c1-30-19-5-6-20(22(14-19)31-2)21-4-3-10-27(21)23(28)15-26-11-7-18(8-12-26)25-24(29)17-9-13-32-16-17/h5-6,9,13-14,16,18,21H,3-4,7-8,10-12,15H2,1-2H3,(H,25,29). The van der Waals surface area contributed by atoms with Crippen LogP contribution in [0.25, 0.3) is 0 Å². The van der Waals surface area contributed by atoms with Crippen molar-refractivity contribution in [3.63, 3.8) is 0 Å². The van der Waals surface area contributed by atoms with Gasteiger partial charge >= 0.3 is 0 Å². The summed E-state index contributed by atoms with van der Waals surface area (Å²) in [7, 11) is 3.29. The van der Waals surface area contributed by atoms with Gasteiger partial charge in [0.15, 0.2) is 0 Å². The van der Waals surface area contributed by atoms with Crippen LogP contribution in [0.4, 0.5) is 0 Å². The molecule has 2 aromatic rings. The number of thiophene rings is 1. The quantitative estimate of drug-likeness (QED) is 0.691. The molecule has 32 heavy (non-hydrogen) atoms. The van der Waals surface area contributed by atoms with E-state index in [-0.39, 0.29) is 23.9 Å². The number of methoxy groups -OCH3 is 2. The van der Waals surface area contributed by atoms with Crippen LogP contribution in [0.2, 0.25) is 0 Å². The van der Waals surface area contributed by atoms with E-state index in [4.69, 9.17) is 9.47 Å². The van der Waals surface area contributed by atoms with Gasteiger partial charge in [0, 0.05) is 48.2 Å². The van der Waals surface area contributed by atoms with E-state index >= 15 is 0 Å². The monoisotopic (exact) mass is 457 g/mol. The molecular weight excluding hydrogens is 426 g/mol. The molecule has 0 saturated carbocycles. The molecule has 1 aromatic heterocycles. The van der Waals surface area contributed by atoms with Crippen LogP contribution in [0, 0.1) is 0 Å². The van der Waals surface area contributed by atoms with Crippen LogP contribution in [0.3, 0.4) is 0 Å². The molecule has 8 heteroatoms. The van der Waals surface area contributed by atoms with Crippen LogP contribution < -0.4 is 14.8 Å². The number of rotatable bonds is 7. The summed E-state index contributed by atoms with van der Waals surface area (Å²) < 4.78 is 10.9. The molecule has 7 nitrogen and oxygen atoms in total. The summed E-state index contributed by atoms with van der Waals surface area (Å²) in [4.78, 5) is 29.7. The predicted molar refractivity (Wildman–Crippen MR) is 124 cm³/mol. The van der Waals surface area contributed by atoms with Gasteiger partial charge in [0.2, 0.25) is 5.91 Å². The highest BCUT2D eigenvalue weighted by Crippen LogP contribution is 2.38. The molecule has 2 fully saturated rings. The second kappa shape index (κ2) is 10.4. The lowest BCUT2D eigenvalue weighted by Gasteiger charge is -2.34. The Balaban J connectivity index is 1.32. The largest absolute Gasteiger partial charge is 0.497 e. The molecule has 0 bridgehead atoms. The van der Waals surface area contributed by atoms with E-state index in [0.29, 0.717) is 6.54 Å². The molecule has 0 spiro atoms. The first kappa shape index (κ1) is 22.6. The van der Waals surface area contributed by atoms with Crippen LogP contribution in [0.5, 0.6) is 11.5 Å². The van der Waals surface area contributed by atoms with Gasteiger partial charge in [-0.3, -0.25) is 14.5 Å². The number of benzene rings is 1. The number of nitrogens with one attached hydrogen (secondary N) is 1. The Labute approximate surface area is 193 Å². The number of piperidine rings is 1. The summed E-state index contributed by atoms with van der Waals surface area (Å²) in [6.07, 6.45) is 3.64. The minimum absolute atomic E-state index is 0.00544. The van der Waals surface area contributed by atoms with Crippen molar-refractivity contribution in [3.05, 3.63) is 46.2 Å². The Morgan fingerprint density at radius 1 is 1.09 bits per heavy atom. The van der Waals surface area contributed by atoms with Gasteiger partial charge in [-0.1, -0.05) is 0 Å². The van der Waals surface area contributed by atoms with Crippen molar-refractivity contribution in [2.24, 2.45) is 0 Å². The first-order valence-electron chi connectivity index (χ1n) is 11.2. The third-order valence-electron chi connectivity index (χ3n) is 6.44. The van der Waals surface area contributed by atoms with Gasteiger partial charge in [0.1, 0.15) is 11.5 Å². The average molecular weight is 458 g/mol. The second-order valence-electron chi connectivity index (χ2n) is 8.39. The molecule has 1 N–H and O–H groups in total. The van der Waals surface area contributed by atoms with E-state index < -0.39 is 0 Å². The van der Waals surface area contributed by atoms with E-state index in [2.05, 4.69) is 10.2 Å².